The first-order chi connectivity index (χ1) is 14.5. The van der Waals surface area contributed by atoms with Crippen LogP contribution < -0.4 is 4.74 Å². The second-order valence-electron chi connectivity index (χ2n) is 9.55. The van der Waals surface area contributed by atoms with Crippen LogP contribution in [-0.2, 0) is 17.3 Å². The SMILES string of the molecule is COc1ccc2c3c(n(C)c2c1)[C@@H](CO)N(C)CC31CCN(C(=O)C2CCC2)CC1. The molecule has 1 atom stereocenters. The van der Waals surface area contributed by atoms with Gasteiger partial charge >= 0.3 is 0 Å². The number of hydrogen-bond donors (Lipinski definition) is 1. The van der Waals surface area contributed by atoms with Crippen molar-refractivity contribution in [3.63, 3.8) is 0 Å². The molecule has 1 saturated carbocycles. The predicted molar refractivity (Wildman–Crippen MR) is 117 cm³/mol. The first-order valence-corrected chi connectivity index (χ1v) is 11.3. The minimum Gasteiger partial charge on any atom is -0.497 e. The standard InChI is InChI=1S/C24H33N3O3/c1-25-15-24(9-11-27(12-10-24)23(29)16-5-4-6-16)21-18-8-7-17(30-3)13-19(18)26(2)22(21)20(25)14-28/h7-8,13,16,20,28H,4-6,9-12,14-15H2,1-3H3/t20-/m1/s1. The summed E-state index contributed by atoms with van der Waals surface area (Å²) in [6.45, 7) is 2.69. The molecule has 0 unspecified atom stereocenters. The van der Waals surface area contributed by atoms with Gasteiger partial charge < -0.3 is 19.3 Å². The quantitative estimate of drug-likeness (QED) is 0.844. The Morgan fingerprint density at radius 3 is 2.57 bits per heavy atom. The lowest BCUT2D eigenvalue weighted by atomic mass is 9.68. The molecule has 0 bridgehead atoms. The maximum absolute atomic E-state index is 12.8. The van der Waals surface area contributed by atoms with Gasteiger partial charge in [-0.2, -0.15) is 0 Å². The molecule has 2 aromatic rings. The average Bonchev–Trinajstić information content (AvgIpc) is 3.00. The van der Waals surface area contributed by atoms with E-state index < -0.39 is 0 Å². The first-order valence-electron chi connectivity index (χ1n) is 11.3. The maximum Gasteiger partial charge on any atom is 0.225 e. The number of carbonyl (C=O) groups excluding carboxylic acids is 1. The zero-order valence-electron chi connectivity index (χ0n) is 18.4. The summed E-state index contributed by atoms with van der Waals surface area (Å²) in [4.78, 5) is 17.2. The number of likely N-dealkylation sites (N-methyl/N-ethyl adjacent to an activating group) is 1. The predicted octanol–water partition coefficient (Wildman–Crippen LogP) is 2.83. The van der Waals surface area contributed by atoms with E-state index in [4.69, 9.17) is 4.74 Å². The van der Waals surface area contributed by atoms with Gasteiger partial charge in [0.15, 0.2) is 0 Å². The number of rotatable bonds is 3. The van der Waals surface area contributed by atoms with Crippen molar-refractivity contribution in [3.05, 3.63) is 29.5 Å². The number of likely N-dealkylation sites (tertiary alicyclic amines) is 1. The molecule has 1 aliphatic carbocycles. The fraction of sp³-hybridized carbons (Fsp3) is 0.625. The van der Waals surface area contributed by atoms with Crippen LogP contribution in [0.5, 0.6) is 5.75 Å². The number of aromatic nitrogens is 1. The van der Waals surface area contributed by atoms with Crippen LogP contribution in [0.25, 0.3) is 10.9 Å². The van der Waals surface area contributed by atoms with Crippen molar-refractivity contribution in [2.24, 2.45) is 13.0 Å². The number of nitrogens with zero attached hydrogens (tertiary/aromatic N) is 3. The molecular weight excluding hydrogens is 378 g/mol. The fourth-order valence-corrected chi connectivity index (χ4v) is 6.09. The Morgan fingerprint density at radius 1 is 1.23 bits per heavy atom. The Kier molecular flexibility index (Phi) is 4.82. The molecule has 2 aliphatic heterocycles. The molecule has 1 spiro atoms. The van der Waals surface area contributed by atoms with E-state index in [0.717, 1.165) is 56.6 Å². The van der Waals surface area contributed by atoms with E-state index in [1.54, 1.807) is 7.11 Å². The van der Waals surface area contributed by atoms with Crippen LogP contribution in [0.4, 0.5) is 0 Å². The molecule has 6 nitrogen and oxygen atoms in total. The van der Waals surface area contributed by atoms with Crippen molar-refractivity contribution in [1.29, 1.82) is 0 Å². The third-order valence-corrected chi connectivity index (χ3v) is 8.04. The zero-order valence-corrected chi connectivity index (χ0v) is 18.4. The lowest BCUT2D eigenvalue weighted by molar-refractivity contribution is -0.140. The highest BCUT2D eigenvalue weighted by Gasteiger charge is 2.48. The third-order valence-electron chi connectivity index (χ3n) is 8.04. The molecule has 6 heteroatoms. The van der Waals surface area contributed by atoms with E-state index in [-0.39, 0.29) is 24.0 Å². The summed E-state index contributed by atoms with van der Waals surface area (Å²) >= 11 is 0. The second kappa shape index (κ2) is 7.27. The molecule has 1 amide bonds. The van der Waals surface area contributed by atoms with Gasteiger partial charge in [0.2, 0.25) is 5.91 Å². The number of aliphatic hydroxyl groups excluding tert-OH is 1. The molecule has 1 N–H and O–H groups in total. The number of carbonyl (C=O) groups is 1. The van der Waals surface area contributed by atoms with Gasteiger partial charge in [-0.05, 0) is 50.4 Å². The number of hydrogen-bond acceptors (Lipinski definition) is 4. The third kappa shape index (κ3) is 2.80. The lowest BCUT2D eigenvalue weighted by Crippen LogP contribution is -2.54. The van der Waals surface area contributed by atoms with Crippen LogP contribution in [0, 0.1) is 5.92 Å². The molecular formula is C24H33N3O3. The molecule has 1 aromatic heterocycles. The van der Waals surface area contributed by atoms with Crippen LogP contribution in [0.1, 0.15) is 49.4 Å². The Bertz CT molecular complexity index is 970. The van der Waals surface area contributed by atoms with Crippen LogP contribution >= 0.6 is 0 Å². The van der Waals surface area contributed by atoms with E-state index >= 15 is 0 Å². The number of benzene rings is 1. The Morgan fingerprint density at radius 2 is 1.97 bits per heavy atom. The van der Waals surface area contributed by atoms with Crippen molar-refractivity contribution in [2.45, 2.75) is 43.6 Å². The number of aliphatic hydroxyl groups is 1. The summed E-state index contributed by atoms with van der Waals surface area (Å²) in [6.07, 6.45) is 5.29. The maximum atomic E-state index is 12.8. The van der Waals surface area contributed by atoms with Gasteiger partial charge in [0, 0.05) is 55.2 Å². The number of fused-ring (bicyclic) bond motifs is 4. The van der Waals surface area contributed by atoms with Gasteiger partial charge in [0.25, 0.3) is 0 Å². The number of aryl methyl sites for hydroxylation is 1. The van der Waals surface area contributed by atoms with E-state index in [0.29, 0.717) is 5.91 Å². The number of amides is 1. The fourth-order valence-electron chi connectivity index (χ4n) is 6.09. The van der Waals surface area contributed by atoms with E-state index in [1.807, 2.05) is 6.07 Å². The van der Waals surface area contributed by atoms with Crippen molar-refractivity contribution < 1.29 is 14.6 Å². The highest BCUT2D eigenvalue weighted by Crippen LogP contribution is 2.49. The Hall–Kier alpha value is -2.05. The van der Waals surface area contributed by atoms with Crippen LogP contribution in [-0.4, -0.2) is 65.8 Å². The van der Waals surface area contributed by atoms with Gasteiger partial charge in [0.05, 0.1) is 25.3 Å². The van der Waals surface area contributed by atoms with Crippen molar-refractivity contribution >= 4 is 16.8 Å². The summed E-state index contributed by atoms with van der Waals surface area (Å²) in [5.41, 5.74) is 3.77. The lowest BCUT2D eigenvalue weighted by Gasteiger charge is -2.50. The summed E-state index contributed by atoms with van der Waals surface area (Å²) in [5, 5.41) is 11.5. The molecule has 3 heterocycles. The summed E-state index contributed by atoms with van der Waals surface area (Å²) in [5.74, 6) is 1.49. The van der Waals surface area contributed by atoms with Crippen molar-refractivity contribution in [1.82, 2.24) is 14.4 Å². The van der Waals surface area contributed by atoms with Gasteiger partial charge in [-0.3, -0.25) is 9.69 Å². The van der Waals surface area contributed by atoms with Crippen LogP contribution in [0.15, 0.2) is 18.2 Å². The molecule has 162 valence electrons. The smallest absolute Gasteiger partial charge is 0.225 e. The molecule has 5 rings (SSSR count). The molecule has 2 fully saturated rings. The molecule has 0 radical (unpaired) electrons. The normalized spacial score (nSPS) is 24.1. The highest BCUT2D eigenvalue weighted by atomic mass is 16.5. The summed E-state index contributed by atoms with van der Waals surface area (Å²) in [6, 6.07) is 6.31. The topological polar surface area (TPSA) is 57.9 Å². The summed E-state index contributed by atoms with van der Waals surface area (Å²) in [7, 11) is 5.92. The molecule has 1 aromatic carbocycles. The minimum absolute atomic E-state index is 0.0105. The summed E-state index contributed by atoms with van der Waals surface area (Å²) < 4.78 is 7.73. The minimum atomic E-state index is -0.0105. The second-order valence-corrected chi connectivity index (χ2v) is 9.55. The van der Waals surface area contributed by atoms with Gasteiger partial charge in [0.1, 0.15) is 5.75 Å². The van der Waals surface area contributed by atoms with E-state index in [9.17, 15) is 9.90 Å². The molecule has 3 aliphatic rings. The van der Waals surface area contributed by atoms with Gasteiger partial charge in [-0.15, -0.1) is 0 Å². The van der Waals surface area contributed by atoms with E-state index in [1.165, 1.54) is 23.1 Å². The zero-order chi connectivity index (χ0) is 21.0. The monoisotopic (exact) mass is 411 g/mol. The average molecular weight is 412 g/mol. The van der Waals surface area contributed by atoms with Crippen molar-refractivity contribution in [2.75, 3.05) is 40.4 Å². The number of methoxy groups -OCH3 is 1. The Balaban J connectivity index is 1.56. The molecule has 30 heavy (non-hydrogen) atoms. The molecule has 1 saturated heterocycles. The van der Waals surface area contributed by atoms with Crippen LogP contribution in [0.2, 0.25) is 0 Å². The highest BCUT2D eigenvalue weighted by molar-refractivity contribution is 5.89. The van der Waals surface area contributed by atoms with Gasteiger partial charge in [-0.1, -0.05) is 6.42 Å². The Labute approximate surface area is 178 Å². The largest absolute Gasteiger partial charge is 0.497 e. The first kappa shape index (κ1) is 19.9. The van der Waals surface area contributed by atoms with Crippen molar-refractivity contribution in [3.8, 4) is 5.75 Å². The number of piperidine rings is 1. The van der Waals surface area contributed by atoms with E-state index in [2.05, 4.69) is 40.6 Å². The van der Waals surface area contributed by atoms with Gasteiger partial charge in [-0.25, -0.2) is 0 Å². The number of ether oxygens (including phenoxy) is 1. The van der Waals surface area contributed by atoms with Crippen LogP contribution in [0.3, 0.4) is 0 Å².